The fraction of sp³-hybridized carbons (Fsp3) is 0.500. The van der Waals surface area contributed by atoms with E-state index in [4.69, 9.17) is 4.74 Å². The molecule has 1 amide bonds. The number of hydrogen-bond donors (Lipinski definition) is 0. The topological polar surface area (TPSA) is 77.3 Å². The van der Waals surface area contributed by atoms with Gasteiger partial charge < -0.3 is 14.2 Å². The number of amides is 1. The van der Waals surface area contributed by atoms with Gasteiger partial charge in [-0.3, -0.25) is 4.79 Å². The van der Waals surface area contributed by atoms with Gasteiger partial charge in [0.05, 0.1) is 12.9 Å². The molecule has 3 heterocycles. The first kappa shape index (κ1) is 19.0. The molecule has 1 aromatic heterocycles. The largest absolute Gasteiger partial charge is 0.467 e. The van der Waals surface area contributed by atoms with Crippen LogP contribution in [0.5, 0.6) is 0 Å². The molecule has 1 aromatic carbocycles. The van der Waals surface area contributed by atoms with Crippen molar-refractivity contribution in [3.8, 4) is 0 Å². The van der Waals surface area contributed by atoms with E-state index in [9.17, 15) is 9.59 Å². The van der Waals surface area contributed by atoms with E-state index in [1.54, 1.807) is 4.90 Å². The monoisotopic (exact) mass is 400 g/mol. The van der Waals surface area contributed by atoms with Crippen molar-refractivity contribution >= 4 is 23.6 Å². The SMILES string of the molecule is COC(=O)[C@H]1Cc2ccccc2CN1C(=O)CSc1nnc2n1CCCCC2. The molecule has 0 fully saturated rings. The molecule has 1 atom stereocenters. The van der Waals surface area contributed by atoms with Crippen LogP contribution in [0.4, 0.5) is 0 Å². The van der Waals surface area contributed by atoms with Gasteiger partial charge >= 0.3 is 5.97 Å². The highest BCUT2D eigenvalue weighted by Gasteiger charge is 2.35. The molecule has 2 aliphatic rings. The molecule has 4 rings (SSSR count). The van der Waals surface area contributed by atoms with Crippen molar-refractivity contribution in [3.05, 3.63) is 41.2 Å². The van der Waals surface area contributed by atoms with E-state index in [1.165, 1.54) is 25.3 Å². The van der Waals surface area contributed by atoms with E-state index in [-0.39, 0.29) is 17.6 Å². The van der Waals surface area contributed by atoms with Crippen LogP contribution in [-0.2, 0) is 40.3 Å². The fourth-order valence-corrected chi connectivity index (χ4v) is 4.78. The Balaban J connectivity index is 1.49. The molecule has 7 nitrogen and oxygen atoms in total. The van der Waals surface area contributed by atoms with Crippen LogP contribution in [-0.4, -0.2) is 50.4 Å². The third kappa shape index (κ3) is 3.78. The Kier molecular flexibility index (Phi) is 5.66. The minimum Gasteiger partial charge on any atom is -0.467 e. The second-order valence-corrected chi connectivity index (χ2v) is 8.13. The molecule has 2 aliphatic heterocycles. The van der Waals surface area contributed by atoms with Gasteiger partial charge in [-0.15, -0.1) is 10.2 Å². The zero-order valence-electron chi connectivity index (χ0n) is 16.0. The third-order valence-electron chi connectivity index (χ3n) is 5.44. The summed E-state index contributed by atoms with van der Waals surface area (Å²) in [6, 6.07) is 7.35. The minimum atomic E-state index is -0.580. The Morgan fingerprint density at radius 1 is 1.18 bits per heavy atom. The second kappa shape index (κ2) is 8.34. The highest BCUT2D eigenvalue weighted by Crippen LogP contribution is 2.27. The van der Waals surface area contributed by atoms with E-state index >= 15 is 0 Å². The second-order valence-electron chi connectivity index (χ2n) is 7.18. The Labute approximate surface area is 168 Å². The molecular formula is C20H24N4O3S. The molecule has 0 bridgehead atoms. The minimum absolute atomic E-state index is 0.0825. The molecule has 0 saturated heterocycles. The number of methoxy groups -OCH3 is 1. The molecule has 0 aliphatic carbocycles. The van der Waals surface area contributed by atoms with Gasteiger partial charge in [0.25, 0.3) is 0 Å². The number of carbonyl (C=O) groups excluding carboxylic acids is 2. The molecular weight excluding hydrogens is 376 g/mol. The lowest BCUT2D eigenvalue weighted by molar-refractivity contribution is -0.153. The van der Waals surface area contributed by atoms with Crippen LogP contribution in [0.15, 0.2) is 29.4 Å². The molecule has 8 heteroatoms. The van der Waals surface area contributed by atoms with E-state index in [0.29, 0.717) is 13.0 Å². The van der Waals surface area contributed by atoms with E-state index < -0.39 is 6.04 Å². The first-order valence-electron chi connectivity index (χ1n) is 9.66. The first-order valence-corrected chi connectivity index (χ1v) is 10.6. The van der Waals surface area contributed by atoms with Gasteiger partial charge in [-0.05, 0) is 24.0 Å². The van der Waals surface area contributed by atoms with Crippen LogP contribution in [0, 0.1) is 0 Å². The number of aromatic nitrogens is 3. The number of benzene rings is 1. The summed E-state index contributed by atoms with van der Waals surface area (Å²) < 4.78 is 7.09. The summed E-state index contributed by atoms with van der Waals surface area (Å²) in [5.41, 5.74) is 2.18. The van der Waals surface area contributed by atoms with Crippen molar-refractivity contribution in [1.29, 1.82) is 0 Å². The van der Waals surface area contributed by atoms with Crippen LogP contribution in [0.3, 0.4) is 0 Å². The maximum Gasteiger partial charge on any atom is 0.328 e. The van der Waals surface area contributed by atoms with Gasteiger partial charge in [-0.2, -0.15) is 0 Å². The van der Waals surface area contributed by atoms with Gasteiger partial charge in [-0.25, -0.2) is 4.79 Å². The molecule has 28 heavy (non-hydrogen) atoms. The summed E-state index contributed by atoms with van der Waals surface area (Å²) in [5, 5.41) is 9.35. The Hall–Kier alpha value is -2.35. The quantitative estimate of drug-likeness (QED) is 0.579. The summed E-state index contributed by atoms with van der Waals surface area (Å²) in [4.78, 5) is 27.0. The summed E-state index contributed by atoms with van der Waals surface area (Å²) in [6.07, 6.45) is 4.87. The summed E-state index contributed by atoms with van der Waals surface area (Å²) in [7, 11) is 1.37. The van der Waals surface area contributed by atoms with Crippen molar-refractivity contribution in [3.63, 3.8) is 0 Å². The standard InChI is InChI=1S/C20H24N4O3S/c1-27-19(26)16-11-14-7-4-5-8-15(14)12-24(16)18(25)13-28-20-22-21-17-9-3-2-6-10-23(17)20/h4-5,7-8,16H,2-3,6,9-13H2,1H3/t16-/m1/s1. The number of aryl methyl sites for hydroxylation is 1. The van der Waals surface area contributed by atoms with Crippen LogP contribution in [0.25, 0.3) is 0 Å². The molecule has 0 saturated carbocycles. The van der Waals surface area contributed by atoms with Gasteiger partial charge in [0.15, 0.2) is 5.16 Å². The number of thioether (sulfide) groups is 1. The predicted octanol–water partition coefficient (Wildman–Crippen LogP) is 2.22. The number of hydrogen-bond acceptors (Lipinski definition) is 6. The molecule has 148 valence electrons. The van der Waals surface area contributed by atoms with Gasteiger partial charge in [0.2, 0.25) is 5.91 Å². The predicted molar refractivity (Wildman–Crippen MR) is 105 cm³/mol. The number of carbonyl (C=O) groups is 2. The Morgan fingerprint density at radius 2 is 2.00 bits per heavy atom. The molecule has 0 N–H and O–H groups in total. The van der Waals surface area contributed by atoms with Crippen LogP contribution in [0.2, 0.25) is 0 Å². The van der Waals surface area contributed by atoms with E-state index in [2.05, 4.69) is 14.8 Å². The summed E-state index contributed by atoms with van der Waals surface area (Å²) in [5.74, 6) is 0.783. The third-order valence-corrected chi connectivity index (χ3v) is 6.39. The zero-order chi connectivity index (χ0) is 19.5. The van der Waals surface area contributed by atoms with Crippen molar-refractivity contribution in [2.24, 2.45) is 0 Å². The lowest BCUT2D eigenvalue weighted by Gasteiger charge is -2.35. The molecule has 0 spiro atoms. The number of esters is 1. The first-order chi connectivity index (χ1) is 13.7. The van der Waals surface area contributed by atoms with Gasteiger partial charge in [0, 0.05) is 25.9 Å². The summed E-state index contributed by atoms with van der Waals surface area (Å²) in [6.45, 7) is 1.33. The van der Waals surface area contributed by atoms with Crippen LogP contribution < -0.4 is 0 Å². The van der Waals surface area contributed by atoms with Crippen LogP contribution >= 0.6 is 11.8 Å². The molecule has 2 aromatic rings. The zero-order valence-corrected chi connectivity index (χ0v) is 16.8. The highest BCUT2D eigenvalue weighted by molar-refractivity contribution is 7.99. The number of ether oxygens (including phenoxy) is 1. The highest BCUT2D eigenvalue weighted by atomic mass is 32.2. The average molecular weight is 401 g/mol. The lowest BCUT2D eigenvalue weighted by Crippen LogP contribution is -2.49. The fourth-order valence-electron chi connectivity index (χ4n) is 3.91. The smallest absolute Gasteiger partial charge is 0.328 e. The van der Waals surface area contributed by atoms with E-state index in [1.807, 2.05) is 24.3 Å². The molecule has 0 radical (unpaired) electrons. The van der Waals surface area contributed by atoms with Crippen molar-refractivity contribution < 1.29 is 14.3 Å². The number of rotatable bonds is 4. The van der Waals surface area contributed by atoms with E-state index in [0.717, 1.165) is 47.9 Å². The molecule has 0 unspecified atom stereocenters. The Morgan fingerprint density at radius 3 is 2.82 bits per heavy atom. The number of nitrogens with zero attached hydrogens (tertiary/aromatic N) is 4. The Bertz CT molecular complexity index is 882. The van der Waals surface area contributed by atoms with Crippen molar-refractivity contribution in [2.75, 3.05) is 12.9 Å². The van der Waals surface area contributed by atoms with Gasteiger partial charge in [-0.1, -0.05) is 42.4 Å². The normalized spacial score (nSPS) is 18.8. The van der Waals surface area contributed by atoms with Gasteiger partial charge in [0.1, 0.15) is 11.9 Å². The summed E-state index contributed by atoms with van der Waals surface area (Å²) >= 11 is 1.40. The van der Waals surface area contributed by atoms with Crippen molar-refractivity contribution in [1.82, 2.24) is 19.7 Å². The average Bonchev–Trinajstić information content (AvgIpc) is 2.96. The van der Waals surface area contributed by atoms with Crippen molar-refractivity contribution in [2.45, 2.75) is 56.4 Å². The number of fused-ring (bicyclic) bond motifs is 2. The maximum absolute atomic E-state index is 13.0. The lowest BCUT2D eigenvalue weighted by atomic mass is 9.94. The maximum atomic E-state index is 13.0. The van der Waals surface area contributed by atoms with Crippen LogP contribution in [0.1, 0.15) is 36.2 Å².